The number of nitrogens with one attached hydrogen (secondary N) is 1. The van der Waals surface area contributed by atoms with E-state index in [1.54, 1.807) is 0 Å². The normalized spacial score (nSPS) is 12.7. The highest BCUT2D eigenvalue weighted by atomic mass is 19.4. The highest BCUT2D eigenvalue weighted by molar-refractivity contribution is 5.94. The molecule has 0 aliphatic carbocycles. The van der Waals surface area contributed by atoms with Gasteiger partial charge in [-0.25, -0.2) is 4.39 Å². The lowest BCUT2D eigenvalue weighted by molar-refractivity contribution is -0.140. The Morgan fingerprint density at radius 1 is 1.15 bits per heavy atom. The van der Waals surface area contributed by atoms with Crippen LogP contribution in [0.1, 0.15) is 40.9 Å². The van der Waals surface area contributed by atoms with Crippen LogP contribution in [0.5, 0.6) is 0 Å². The molecule has 1 N–H and O–H groups in total. The van der Waals surface area contributed by atoms with E-state index in [0.717, 1.165) is 11.6 Å². The zero-order valence-electron chi connectivity index (χ0n) is 14.1. The summed E-state index contributed by atoms with van der Waals surface area (Å²) in [6.07, 6.45) is -4.45. The van der Waals surface area contributed by atoms with Crippen molar-refractivity contribution in [3.05, 3.63) is 71.0 Å². The average molecular weight is 369 g/mol. The SMILES string of the molecule is CC(OCCCNC(=O)c1ccc(F)c(C(F)(F)F)c1)c1ccccc1. The lowest BCUT2D eigenvalue weighted by Gasteiger charge is -2.14. The summed E-state index contributed by atoms with van der Waals surface area (Å²) >= 11 is 0. The fourth-order valence-corrected chi connectivity index (χ4v) is 2.34. The van der Waals surface area contributed by atoms with Gasteiger partial charge in [0.2, 0.25) is 0 Å². The summed E-state index contributed by atoms with van der Waals surface area (Å²) in [6, 6.07) is 11.8. The zero-order chi connectivity index (χ0) is 19.2. The van der Waals surface area contributed by atoms with Crippen molar-refractivity contribution in [3.8, 4) is 0 Å². The molecule has 3 nitrogen and oxygen atoms in total. The molecule has 26 heavy (non-hydrogen) atoms. The third kappa shape index (κ3) is 5.56. The van der Waals surface area contributed by atoms with Crippen LogP contribution in [0, 0.1) is 5.82 Å². The molecular formula is C19H19F4NO2. The van der Waals surface area contributed by atoms with Gasteiger partial charge in [0.05, 0.1) is 11.7 Å². The van der Waals surface area contributed by atoms with Gasteiger partial charge in [-0.05, 0) is 37.1 Å². The molecule has 2 aromatic carbocycles. The maximum atomic E-state index is 13.2. The highest BCUT2D eigenvalue weighted by Gasteiger charge is 2.34. The Balaban J connectivity index is 1.79. The maximum absolute atomic E-state index is 13.2. The predicted octanol–water partition coefficient (Wildman–Crippen LogP) is 4.74. The molecule has 0 bridgehead atoms. The van der Waals surface area contributed by atoms with E-state index in [4.69, 9.17) is 4.74 Å². The Bertz CT molecular complexity index is 732. The molecule has 0 aliphatic heterocycles. The fourth-order valence-electron chi connectivity index (χ4n) is 2.34. The maximum Gasteiger partial charge on any atom is 0.419 e. The second kappa shape index (κ2) is 8.80. The Morgan fingerprint density at radius 2 is 1.85 bits per heavy atom. The van der Waals surface area contributed by atoms with Crippen molar-refractivity contribution in [3.63, 3.8) is 0 Å². The molecular weight excluding hydrogens is 350 g/mol. The van der Waals surface area contributed by atoms with E-state index in [1.807, 2.05) is 37.3 Å². The van der Waals surface area contributed by atoms with Gasteiger partial charge < -0.3 is 10.1 Å². The van der Waals surface area contributed by atoms with Crippen molar-refractivity contribution < 1.29 is 27.1 Å². The second-order valence-electron chi connectivity index (χ2n) is 5.73. The van der Waals surface area contributed by atoms with Crippen LogP contribution in [-0.4, -0.2) is 19.1 Å². The van der Waals surface area contributed by atoms with Crippen LogP contribution in [0.4, 0.5) is 17.6 Å². The highest BCUT2D eigenvalue weighted by Crippen LogP contribution is 2.31. The van der Waals surface area contributed by atoms with E-state index >= 15 is 0 Å². The number of carbonyl (C=O) groups is 1. The minimum atomic E-state index is -4.85. The van der Waals surface area contributed by atoms with Crippen LogP contribution in [0.15, 0.2) is 48.5 Å². The third-order valence-corrected chi connectivity index (χ3v) is 3.78. The zero-order valence-corrected chi connectivity index (χ0v) is 14.1. The van der Waals surface area contributed by atoms with Crippen LogP contribution in [0.25, 0.3) is 0 Å². The van der Waals surface area contributed by atoms with Crippen LogP contribution in [-0.2, 0) is 10.9 Å². The standard InChI is InChI=1S/C19H19F4NO2/c1-13(14-6-3-2-4-7-14)26-11-5-10-24-18(25)15-8-9-17(20)16(12-15)19(21,22)23/h2-4,6-9,12-13H,5,10-11H2,1H3,(H,24,25). The molecule has 0 saturated carbocycles. The second-order valence-corrected chi connectivity index (χ2v) is 5.73. The minimum absolute atomic E-state index is 0.0988. The molecule has 2 aromatic rings. The number of ether oxygens (including phenoxy) is 1. The van der Waals surface area contributed by atoms with Gasteiger partial charge in [-0.15, -0.1) is 0 Å². The van der Waals surface area contributed by atoms with Crippen LogP contribution < -0.4 is 5.32 Å². The molecule has 140 valence electrons. The number of benzene rings is 2. The van der Waals surface area contributed by atoms with Crippen LogP contribution >= 0.6 is 0 Å². The molecule has 1 atom stereocenters. The van der Waals surface area contributed by atoms with E-state index in [0.29, 0.717) is 25.2 Å². The molecule has 0 heterocycles. The molecule has 7 heteroatoms. The Morgan fingerprint density at radius 3 is 2.50 bits per heavy atom. The lowest BCUT2D eigenvalue weighted by Crippen LogP contribution is -2.26. The number of halogens is 4. The average Bonchev–Trinajstić information content (AvgIpc) is 2.61. The van der Waals surface area contributed by atoms with Crippen LogP contribution in [0.2, 0.25) is 0 Å². The summed E-state index contributed by atoms with van der Waals surface area (Å²) in [5.74, 6) is -2.09. The largest absolute Gasteiger partial charge is 0.419 e. The molecule has 0 spiro atoms. The van der Waals surface area contributed by atoms with Crippen molar-refractivity contribution >= 4 is 5.91 Å². The summed E-state index contributed by atoms with van der Waals surface area (Å²) in [7, 11) is 0. The van der Waals surface area contributed by atoms with Gasteiger partial charge in [0, 0.05) is 18.7 Å². The quantitative estimate of drug-likeness (QED) is 0.565. The van der Waals surface area contributed by atoms with E-state index in [-0.39, 0.29) is 18.2 Å². The van der Waals surface area contributed by atoms with Gasteiger partial charge >= 0.3 is 6.18 Å². The number of hydrogen-bond donors (Lipinski definition) is 1. The summed E-state index contributed by atoms with van der Waals surface area (Å²) in [5.41, 5.74) is -0.662. The topological polar surface area (TPSA) is 38.3 Å². The smallest absolute Gasteiger partial charge is 0.374 e. The fraction of sp³-hybridized carbons (Fsp3) is 0.316. The van der Waals surface area contributed by atoms with Gasteiger partial charge in [0.1, 0.15) is 5.82 Å². The van der Waals surface area contributed by atoms with Crippen LogP contribution in [0.3, 0.4) is 0 Å². The van der Waals surface area contributed by atoms with Crippen molar-refractivity contribution in [1.82, 2.24) is 5.32 Å². The number of amides is 1. The number of rotatable bonds is 7. The first-order valence-corrected chi connectivity index (χ1v) is 8.10. The molecule has 2 rings (SSSR count). The minimum Gasteiger partial charge on any atom is -0.374 e. The van der Waals surface area contributed by atoms with E-state index in [1.165, 1.54) is 0 Å². The number of carbonyl (C=O) groups excluding carboxylic acids is 1. The number of alkyl halides is 3. The monoisotopic (exact) mass is 369 g/mol. The van der Waals surface area contributed by atoms with Gasteiger partial charge in [-0.2, -0.15) is 13.2 Å². The molecule has 0 aliphatic rings. The molecule has 1 amide bonds. The van der Waals surface area contributed by atoms with Gasteiger partial charge in [0.25, 0.3) is 5.91 Å². The molecule has 0 radical (unpaired) electrons. The van der Waals surface area contributed by atoms with E-state index < -0.39 is 23.5 Å². The van der Waals surface area contributed by atoms with Crippen molar-refractivity contribution in [2.45, 2.75) is 25.6 Å². The Hall–Kier alpha value is -2.41. The van der Waals surface area contributed by atoms with E-state index in [2.05, 4.69) is 5.32 Å². The molecule has 0 aromatic heterocycles. The van der Waals surface area contributed by atoms with Crippen molar-refractivity contribution in [2.24, 2.45) is 0 Å². The lowest BCUT2D eigenvalue weighted by atomic mass is 10.1. The molecule has 0 fully saturated rings. The van der Waals surface area contributed by atoms with Crippen molar-refractivity contribution in [1.29, 1.82) is 0 Å². The number of hydrogen-bond acceptors (Lipinski definition) is 2. The van der Waals surface area contributed by atoms with Gasteiger partial charge in [0.15, 0.2) is 0 Å². The summed E-state index contributed by atoms with van der Waals surface area (Å²) in [4.78, 5) is 11.9. The van der Waals surface area contributed by atoms with Crippen molar-refractivity contribution in [2.75, 3.05) is 13.2 Å². The summed E-state index contributed by atoms with van der Waals surface area (Å²) < 4.78 is 56.9. The summed E-state index contributed by atoms with van der Waals surface area (Å²) in [5, 5.41) is 2.50. The van der Waals surface area contributed by atoms with Gasteiger partial charge in [-0.1, -0.05) is 30.3 Å². The first-order chi connectivity index (χ1) is 12.3. The van der Waals surface area contributed by atoms with Gasteiger partial charge in [-0.3, -0.25) is 4.79 Å². The first-order valence-electron chi connectivity index (χ1n) is 8.10. The Kier molecular flexibility index (Phi) is 6.74. The third-order valence-electron chi connectivity index (χ3n) is 3.78. The molecule has 0 saturated heterocycles. The Labute approximate surface area is 149 Å². The predicted molar refractivity (Wildman–Crippen MR) is 89.2 cm³/mol. The molecule has 1 unspecified atom stereocenters. The first kappa shape index (κ1) is 19.9. The summed E-state index contributed by atoms with van der Waals surface area (Å²) in [6.45, 7) is 2.53. The van der Waals surface area contributed by atoms with E-state index in [9.17, 15) is 22.4 Å².